The van der Waals surface area contributed by atoms with Crippen molar-refractivity contribution in [2.75, 3.05) is 13.7 Å². The standard InChI is InChI=1S/C28H33N3O5/c1-18(2)14-15-36-24-13-12-22(16-25(24)35-4)28(34)31-30-27(33)19(3)29-26(32)17-21-10-7-9-20-8-5-6-11-23(20)21/h5-13,16,18-19H,14-15,17H2,1-4H3,(H,29,32)(H,30,33)(H,31,34)/t19-/m0/s1. The molecule has 0 saturated carbocycles. The van der Waals surface area contributed by atoms with Crippen molar-refractivity contribution in [3.63, 3.8) is 0 Å². The molecule has 190 valence electrons. The molecule has 0 aliphatic rings. The highest BCUT2D eigenvalue weighted by Gasteiger charge is 2.18. The summed E-state index contributed by atoms with van der Waals surface area (Å²) >= 11 is 0. The lowest BCUT2D eigenvalue weighted by molar-refractivity contribution is -0.128. The van der Waals surface area contributed by atoms with Crippen LogP contribution in [0.15, 0.2) is 60.7 Å². The first-order chi connectivity index (χ1) is 17.3. The van der Waals surface area contributed by atoms with Crippen LogP contribution in [-0.4, -0.2) is 37.5 Å². The third-order valence-corrected chi connectivity index (χ3v) is 5.68. The van der Waals surface area contributed by atoms with Crippen LogP contribution in [0, 0.1) is 5.92 Å². The number of hydrogen-bond acceptors (Lipinski definition) is 5. The molecule has 8 nitrogen and oxygen atoms in total. The number of hydrazine groups is 1. The van der Waals surface area contributed by atoms with Gasteiger partial charge in [-0.15, -0.1) is 0 Å². The number of benzene rings is 3. The first-order valence-electron chi connectivity index (χ1n) is 12.0. The molecule has 1 atom stereocenters. The van der Waals surface area contributed by atoms with Gasteiger partial charge in [0, 0.05) is 5.56 Å². The van der Waals surface area contributed by atoms with E-state index >= 15 is 0 Å². The van der Waals surface area contributed by atoms with E-state index in [1.807, 2.05) is 42.5 Å². The average molecular weight is 492 g/mol. The van der Waals surface area contributed by atoms with E-state index in [4.69, 9.17) is 9.47 Å². The molecule has 0 spiro atoms. The van der Waals surface area contributed by atoms with E-state index in [0.29, 0.717) is 24.0 Å². The predicted molar refractivity (Wildman–Crippen MR) is 139 cm³/mol. The van der Waals surface area contributed by atoms with Gasteiger partial charge in [0.05, 0.1) is 20.1 Å². The molecule has 0 bridgehead atoms. The van der Waals surface area contributed by atoms with Crippen molar-refractivity contribution in [3.05, 3.63) is 71.8 Å². The maximum atomic E-state index is 12.5. The third kappa shape index (κ3) is 7.21. The third-order valence-electron chi connectivity index (χ3n) is 5.68. The fraction of sp³-hybridized carbons (Fsp3) is 0.321. The highest BCUT2D eigenvalue weighted by atomic mass is 16.5. The van der Waals surface area contributed by atoms with Gasteiger partial charge in [-0.3, -0.25) is 25.2 Å². The predicted octanol–water partition coefficient (Wildman–Crippen LogP) is 3.78. The molecule has 0 aromatic heterocycles. The Bertz CT molecular complexity index is 1220. The van der Waals surface area contributed by atoms with Gasteiger partial charge < -0.3 is 14.8 Å². The van der Waals surface area contributed by atoms with Gasteiger partial charge in [-0.1, -0.05) is 56.3 Å². The quantitative estimate of drug-likeness (QED) is 0.374. The molecule has 36 heavy (non-hydrogen) atoms. The number of rotatable bonds is 10. The number of amides is 3. The number of methoxy groups -OCH3 is 1. The van der Waals surface area contributed by atoms with E-state index in [-0.39, 0.29) is 17.9 Å². The highest BCUT2D eigenvalue weighted by Crippen LogP contribution is 2.28. The van der Waals surface area contributed by atoms with Crippen LogP contribution < -0.4 is 25.6 Å². The molecule has 0 radical (unpaired) electrons. The van der Waals surface area contributed by atoms with Crippen molar-refractivity contribution in [3.8, 4) is 11.5 Å². The van der Waals surface area contributed by atoms with Gasteiger partial charge in [0.25, 0.3) is 11.8 Å². The number of fused-ring (bicyclic) bond motifs is 1. The Morgan fingerprint density at radius 1 is 0.889 bits per heavy atom. The van der Waals surface area contributed by atoms with Crippen LogP contribution >= 0.6 is 0 Å². The molecule has 0 heterocycles. The van der Waals surface area contributed by atoms with Gasteiger partial charge in [0.1, 0.15) is 6.04 Å². The van der Waals surface area contributed by atoms with E-state index in [2.05, 4.69) is 30.0 Å². The molecule has 0 aliphatic heterocycles. The fourth-order valence-electron chi connectivity index (χ4n) is 3.61. The molecule has 3 rings (SSSR count). The largest absolute Gasteiger partial charge is 0.493 e. The first kappa shape index (κ1) is 26.5. The van der Waals surface area contributed by atoms with E-state index in [1.165, 1.54) is 7.11 Å². The van der Waals surface area contributed by atoms with Crippen molar-refractivity contribution < 1.29 is 23.9 Å². The van der Waals surface area contributed by atoms with Crippen LogP contribution in [0.2, 0.25) is 0 Å². The summed E-state index contributed by atoms with van der Waals surface area (Å²) in [5.41, 5.74) is 5.88. The highest BCUT2D eigenvalue weighted by molar-refractivity contribution is 5.97. The second kappa shape index (κ2) is 12.6. The smallest absolute Gasteiger partial charge is 0.269 e. The van der Waals surface area contributed by atoms with Gasteiger partial charge in [0.15, 0.2) is 11.5 Å². The Balaban J connectivity index is 1.51. The normalized spacial score (nSPS) is 11.6. The lowest BCUT2D eigenvalue weighted by Gasteiger charge is -2.16. The van der Waals surface area contributed by atoms with Gasteiger partial charge in [-0.2, -0.15) is 0 Å². The zero-order chi connectivity index (χ0) is 26.1. The fourth-order valence-corrected chi connectivity index (χ4v) is 3.61. The van der Waals surface area contributed by atoms with E-state index < -0.39 is 17.9 Å². The van der Waals surface area contributed by atoms with Crippen LogP contribution in [0.1, 0.15) is 43.1 Å². The van der Waals surface area contributed by atoms with Crippen molar-refractivity contribution in [2.45, 2.75) is 39.7 Å². The number of nitrogens with one attached hydrogen (secondary N) is 3. The SMILES string of the molecule is COc1cc(C(=O)NNC(=O)[C@H](C)NC(=O)Cc2cccc3ccccc23)ccc1OCCC(C)C. The number of carbonyl (C=O) groups excluding carboxylic acids is 3. The summed E-state index contributed by atoms with van der Waals surface area (Å²) < 4.78 is 11.1. The minimum atomic E-state index is -0.848. The molecule has 0 aliphatic carbocycles. The molecule has 0 saturated heterocycles. The Morgan fingerprint density at radius 2 is 1.64 bits per heavy atom. The lowest BCUT2D eigenvalue weighted by atomic mass is 10.0. The number of ether oxygens (including phenoxy) is 2. The summed E-state index contributed by atoms with van der Waals surface area (Å²) in [6, 6.07) is 17.5. The molecule has 0 fully saturated rings. The van der Waals surface area contributed by atoms with E-state index in [9.17, 15) is 14.4 Å². The second-order valence-electron chi connectivity index (χ2n) is 8.94. The second-order valence-corrected chi connectivity index (χ2v) is 8.94. The zero-order valence-corrected chi connectivity index (χ0v) is 21.1. The zero-order valence-electron chi connectivity index (χ0n) is 21.1. The summed E-state index contributed by atoms with van der Waals surface area (Å²) in [6.45, 7) is 6.31. The van der Waals surface area contributed by atoms with Crippen LogP contribution in [-0.2, 0) is 16.0 Å². The molecule has 3 N–H and O–H groups in total. The molecule has 3 aromatic rings. The monoisotopic (exact) mass is 491 g/mol. The Kier molecular flexibility index (Phi) is 9.27. The number of hydrogen-bond donors (Lipinski definition) is 3. The van der Waals surface area contributed by atoms with Crippen molar-refractivity contribution >= 4 is 28.5 Å². The topological polar surface area (TPSA) is 106 Å². The molecular weight excluding hydrogens is 458 g/mol. The van der Waals surface area contributed by atoms with Crippen LogP contribution in [0.25, 0.3) is 10.8 Å². The minimum absolute atomic E-state index is 0.136. The lowest BCUT2D eigenvalue weighted by Crippen LogP contribution is -2.51. The molecule has 8 heteroatoms. The van der Waals surface area contributed by atoms with Crippen molar-refractivity contribution in [1.82, 2.24) is 16.2 Å². The molecule has 3 amide bonds. The summed E-state index contributed by atoms with van der Waals surface area (Å²) in [4.78, 5) is 37.5. The molecular formula is C28H33N3O5. The van der Waals surface area contributed by atoms with Gasteiger partial charge in [-0.05, 0) is 53.8 Å². The number of carbonyl (C=O) groups is 3. The summed E-state index contributed by atoms with van der Waals surface area (Å²) in [6.07, 6.45) is 1.03. The van der Waals surface area contributed by atoms with Gasteiger partial charge in [-0.25, -0.2) is 0 Å². The first-order valence-corrected chi connectivity index (χ1v) is 12.0. The van der Waals surface area contributed by atoms with Crippen LogP contribution in [0.3, 0.4) is 0 Å². The van der Waals surface area contributed by atoms with Crippen LogP contribution in [0.4, 0.5) is 0 Å². The van der Waals surface area contributed by atoms with E-state index in [1.54, 1.807) is 25.1 Å². The van der Waals surface area contributed by atoms with Crippen molar-refractivity contribution in [2.24, 2.45) is 5.92 Å². The molecule has 3 aromatic carbocycles. The summed E-state index contributed by atoms with van der Waals surface area (Å²) in [7, 11) is 1.50. The summed E-state index contributed by atoms with van der Waals surface area (Å²) in [5, 5.41) is 4.71. The van der Waals surface area contributed by atoms with E-state index in [0.717, 1.165) is 22.8 Å². The van der Waals surface area contributed by atoms with Crippen molar-refractivity contribution in [1.29, 1.82) is 0 Å². The van der Waals surface area contributed by atoms with Crippen LogP contribution in [0.5, 0.6) is 11.5 Å². The minimum Gasteiger partial charge on any atom is -0.493 e. The maximum absolute atomic E-state index is 12.5. The Labute approximate surface area is 211 Å². The average Bonchev–Trinajstić information content (AvgIpc) is 2.87. The van der Waals surface area contributed by atoms with Gasteiger partial charge in [0.2, 0.25) is 5.91 Å². The Morgan fingerprint density at radius 3 is 2.39 bits per heavy atom. The van der Waals surface area contributed by atoms with Gasteiger partial charge >= 0.3 is 0 Å². The maximum Gasteiger partial charge on any atom is 0.269 e. The Hall–Kier alpha value is -4.07. The molecule has 0 unspecified atom stereocenters. The summed E-state index contributed by atoms with van der Waals surface area (Å²) in [5.74, 6) is 0.112.